The van der Waals surface area contributed by atoms with Gasteiger partial charge in [-0.05, 0) is 18.6 Å². The Morgan fingerprint density at radius 2 is 1.75 bits per heavy atom. The summed E-state index contributed by atoms with van der Waals surface area (Å²) >= 11 is 24.4. The van der Waals surface area contributed by atoms with Crippen molar-refractivity contribution >= 4 is 52.1 Å². The molecule has 0 unspecified atom stereocenters. The van der Waals surface area contributed by atoms with Crippen molar-refractivity contribution in [3.8, 4) is 0 Å². The third kappa shape index (κ3) is 3.17. The van der Waals surface area contributed by atoms with Crippen LogP contribution in [0, 0.1) is 0 Å². The first-order chi connectivity index (χ1) is 9.43. The fourth-order valence-electron chi connectivity index (χ4n) is 1.90. The highest BCUT2D eigenvalue weighted by molar-refractivity contribution is 6.41. The van der Waals surface area contributed by atoms with E-state index >= 15 is 0 Å². The van der Waals surface area contributed by atoms with Crippen molar-refractivity contribution in [2.75, 3.05) is 5.32 Å². The van der Waals surface area contributed by atoms with Crippen molar-refractivity contribution in [1.82, 2.24) is 9.78 Å². The number of benzene rings is 1. The van der Waals surface area contributed by atoms with Gasteiger partial charge in [-0.3, -0.25) is 4.68 Å². The Morgan fingerprint density at radius 3 is 2.25 bits per heavy atom. The number of aryl methyl sites for hydroxylation is 2. The zero-order valence-electron chi connectivity index (χ0n) is 11.0. The zero-order valence-corrected chi connectivity index (χ0v) is 14.0. The fraction of sp³-hybridized carbons (Fsp3) is 0.308. The Kier molecular flexibility index (Phi) is 5.08. The average molecular weight is 353 g/mol. The van der Waals surface area contributed by atoms with Gasteiger partial charge < -0.3 is 5.32 Å². The lowest BCUT2D eigenvalue weighted by molar-refractivity contribution is 0.707. The molecule has 2 rings (SSSR count). The molecule has 0 saturated carbocycles. The molecule has 0 fully saturated rings. The van der Waals surface area contributed by atoms with Crippen LogP contribution in [0.15, 0.2) is 12.1 Å². The molecule has 0 spiro atoms. The van der Waals surface area contributed by atoms with Crippen LogP contribution in [-0.2, 0) is 20.0 Å². The number of aromatic nitrogens is 2. The minimum absolute atomic E-state index is 0.469. The first kappa shape index (κ1) is 15.8. The molecule has 7 heteroatoms. The second-order valence-corrected chi connectivity index (χ2v) is 5.91. The van der Waals surface area contributed by atoms with Gasteiger partial charge in [-0.2, -0.15) is 5.10 Å². The van der Waals surface area contributed by atoms with E-state index in [1.54, 1.807) is 16.8 Å². The van der Waals surface area contributed by atoms with E-state index in [-0.39, 0.29) is 0 Å². The van der Waals surface area contributed by atoms with E-state index in [2.05, 4.69) is 10.4 Å². The van der Waals surface area contributed by atoms with Crippen molar-refractivity contribution in [1.29, 1.82) is 0 Å². The first-order valence-electron chi connectivity index (χ1n) is 6.02. The third-order valence-corrected chi connectivity index (χ3v) is 4.19. The molecular formula is C13H13Cl4N3. The van der Waals surface area contributed by atoms with E-state index in [0.29, 0.717) is 32.3 Å². The fourth-order valence-corrected chi connectivity index (χ4v) is 3.21. The van der Waals surface area contributed by atoms with E-state index in [9.17, 15) is 0 Å². The molecule has 0 aliphatic heterocycles. The number of hydrogen-bond donors (Lipinski definition) is 1. The summed E-state index contributed by atoms with van der Waals surface area (Å²) in [6, 6.07) is 3.28. The van der Waals surface area contributed by atoms with Crippen LogP contribution < -0.4 is 5.32 Å². The quantitative estimate of drug-likeness (QED) is 0.818. The number of nitrogens with zero attached hydrogens (tertiary/aromatic N) is 2. The molecule has 108 valence electrons. The lowest BCUT2D eigenvalue weighted by Gasteiger charge is -2.11. The molecule has 0 bridgehead atoms. The van der Waals surface area contributed by atoms with Crippen molar-refractivity contribution < 1.29 is 0 Å². The van der Waals surface area contributed by atoms with Gasteiger partial charge in [0.25, 0.3) is 0 Å². The smallest absolute Gasteiger partial charge is 0.0868 e. The first-order valence-corrected chi connectivity index (χ1v) is 7.53. The molecular weight excluding hydrogens is 340 g/mol. The summed E-state index contributed by atoms with van der Waals surface area (Å²) in [5.74, 6) is 0. The van der Waals surface area contributed by atoms with E-state index in [0.717, 1.165) is 17.8 Å². The molecule has 0 atom stereocenters. The summed E-state index contributed by atoms with van der Waals surface area (Å²) in [5, 5.41) is 9.64. The molecule has 3 nitrogen and oxygen atoms in total. The van der Waals surface area contributed by atoms with Crippen LogP contribution in [0.2, 0.25) is 20.1 Å². The number of nitrogens with one attached hydrogen (secondary N) is 1. The Hall–Kier alpha value is -0.610. The number of hydrogen-bond acceptors (Lipinski definition) is 2. The maximum absolute atomic E-state index is 6.29. The van der Waals surface area contributed by atoms with Crippen LogP contribution in [-0.4, -0.2) is 9.78 Å². The molecule has 2 aromatic rings. The SMILES string of the molecule is CCc1nn(C)c(CNc2c(Cl)cc(Cl)cc2Cl)c1Cl. The van der Waals surface area contributed by atoms with E-state index in [4.69, 9.17) is 46.4 Å². The van der Waals surface area contributed by atoms with Crippen molar-refractivity contribution in [2.24, 2.45) is 7.05 Å². The summed E-state index contributed by atoms with van der Waals surface area (Å²) in [6.45, 7) is 2.49. The van der Waals surface area contributed by atoms with Crippen molar-refractivity contribution in [2.45, 2.75) is 19.9 Å². The summed E-state index contributed by atoms with van der Waals surface area (Å²) in [6.07, 6.45) is 0.787. The monoisotopic (exact) mass is 351 g/mol. The Balaban J connectivity index is 2.24. The topological polar surface area (TPSA) is 29.9 Å². The number of anilines is 1. The number of halogens is 4. The predicted molar refractivity (Wildman–Crippen MR) is 86.4 cm³/mol. The van der Waals surface area contributed by atoms with Gasteiger partial charge >= 0.3 is 0 Å². The average Bonchev–Trinajstić information content (AvgIpc) is 2.64. The molecule has 0 aliphatic carbocycles. The van der Waals surface area contributed by atoms with Gasteiger partial charge in [0.1, 0.15) is 0 Å². The number of rotatable bonds is 4. The zero-order chi connectivity index (χ0) is 14.9. The maximum atomic E-state index is 6.29. The van der Waals surface area contributed by atoms with Crippen molar-refractivity contribution in [3.63, 3.8) is 0 Å². The largest absolute Gasteiger partial charge is 0.377 e. The predicted octanol–water partition coefficient (Wildman–Crippen LogP) is 5.21. The second-order valence-electron chi connectivity index (χ2n) is 4.28. The second kappa shape index (κ2) is 6.44. The Labute approximate surface area is 137 Å². The highest BCUT2D eigenvalue weighted by Gasteiger charge is 2.14. The highest BCUT2D eigenvalue weighted by atomic mass is 35.5. The van der Waals surface area contributed by atoms with Crippen LogP contribution in [0.1, 0.15) is 18.3 Å². The van der Waals surface area contributed by atoms with Crippen LogP contribution in [0.5, 0.6) is 0 Å². The summed E-state index contributed by atoms with van der Waals surface area (Å²) < 4.78 is 1.76. The minimum Gasteiger partial charge on any atom is -0.377 e. The molecule has 1 aromatic heterocycles. The molecule has 1 N–H and O–H groups in total. The van der Waals surface area contributed by atoms with Crippen LogP contribution in [0.25, 0.3) is 0 Å². The molecule has 0 aliphatic rings. The van der Waals surface area contributed by atoms with Gasteiger partial charge in [-0.15, -0.1) is 0 Å². The molecule has 20 heavy (non-hydrogen) atoms. The molecule has 0 saturated heterocycles. The van der Waals surface area contributed by atoms with Gasteiger partial charge in [0.05, 0.1) is 38.7 Å². The molecule has 1 aromatic carbocycles. The highest BCUT2D eigenvalue weighted by Crippen LogP contribution is 2.34. The van der Waals surface area contributed by atoms with Crippen LogP contribution >= 0.6 is 46.4 Å². The van der Waals surface area contributed by atoms with Crippen molar-refractivity contribution in [3.05, 3.63) is 43.6 Å². The van der Waals surface area contributed by atoms with Crippen LogP contribution in [0.4, 0.5) is 5.69 Å². The Morgan fingerprint density at radius 1 is 1.15 bits per heavy atom. The summed E-state index contributed by atoms with van der Waals surface area (Å²) in [5.41, 5.74) is 2.39. The van der Waals surface area contributed by atoms with Gasteiger partial charge in [0, 0.05) is 12.1 Å². The van der Waals surface area contributed by atoms with E-state index in [1.165, 1.54) is 0 Å². The Bertz CT molecular complexity index is 614. The minimum atomic E-state index is 0.469. The van der Waals surface area contributed by atoms with Gasteiger partial charge in [-0.25, -0.2) is 0 Å². The lowest BCUT2D eigenvalue weighted by Crippen LogP contribution is -2.06. The summed E-state index contributed by atoms with van der Waals surface area (Å²) in [4.78, 5) is 0. The van der Waals surface area contributed by atoms with E-state index in [1.807, 2.05) is 14.0 Å². The van der Waals surface area contributed by atoms with E-state index < -0.39 is 0 Å². The van der Waals surface area contributed by atoms with Gasteiger partial charge in [0.2, 0.25) is 0 Å². The maximum Gasteiger partial charge on any atom is 0.0868 e. The standard InChI is InChI=1S/C13H13Cl4N3/c1-3-10-12(17)11(20(2)19-10)6-18-13-8(15)4-7(14)5-9(13)16/h4-5,18H,3,6H2,1-2H3. The third-order valence-electron chi connectivity index (χ3n) is 2.94. The molecule has 0 amide bonds. The normalized spacial score (nSPS) is 10.9. The lowest BCUT2D eigenvalue weighted by atomic mass is 10.2. The summed E-state index contributed by atoms with van der Waals surface area (Å²) in [7, 11) is 1.85. The molecule has 1 heterocycles. The molecule has 0 radical (unpaired) electrons. The van der Waals surface area contributed by atoms with Gasteiger partial charge in [-0.1, -0.05) is 53.3 Å². The van der Waals surface area contributed by atoms with Crippen LogP contribution in [0.3, 0.4) is 0 Å². The van der Waals surface area contributed by atoms with Gasteiger partial charge in [0.15, 0.2) is 0 Å².